The summed E-state index contributed by atoms with van der Waals surface area (Å²) in [6, 6.07) is 16.9. The van der Waals surface area contributed by atoms with Crippen LogP contribution in [-0.4, -0.2) is 12.1 Å². The largest absolute Gasteiger partial charge is 0.455 e. The van der Waals surface area contributed by atoms with Crippen molar-refractivity contribution in [1.29, 1.82) is 0 Å². The predicted octanol–water partition coefficient (Wildman–Crippen LogP) is 4.45. The molecule has 6 heteroatoms. The van der Waals surface area contributed by atoms with Crippen LogP contribution in [0.3, 0.4) is 0 Å². The number of nitrogens with zero attached hydrogens (tertiary/aromatic N) is 1. The van der Waals surface area contributed by atoms with Crippen molar-refractivity contribution in [2.45, 2.75) is 0 Å². The maximum Gasteiger partial charge on any atom is 0.271 e. The molecule has 1 heterocycles. The van der Waals surface area contributed by atoms with E-state index in [0.717, 1.165) is 15.2 Å². The number of carbonyl (C=O) groups is 1. The van der Waals surface area contributed by atoms with E-state index in [4.69, 9.17) is 4.42 Å². The van der Waals surface area contributed by atoms with E-state index >= 15 is 0 Å². The van der Waals surface area contributed by atoms with Crippen molar-refractivity contribution in [2.75, 3.05) is 0 Å². The fraction of sp³-hybridized carbons (Fsp3) is 0. The lowest BCUT2D eigenvalue weighted by Crippen LogP contribution is -2.17. The van der Waals surface area contributed by atoms with Crippen LogP contribution in [-0.2, 0) is 0 Å². The quantitative estimate of drug-likeness (QED) is 0.375. The zero-order valence-electron chi connectivity index (χ0n) is 12.4. The van der Waals surface area contributed by atoms with E-state index in [1.165, 1.54) is 24.4 Å². The number of nitrogens with one attached hydrogen (secondary N) is 1. The van der Waals surface area contributed by atoms with E-state index in [0.29, 0.717) is 11.5 Å². The monoisotopic (exact) mass is 434 g/mol. The Kier molecular flexibility index (Phi) is 5.05. The lowest BCUT2D eigenvalue weighted by atomic mass is 10.2. The molecule has 0 bridgehead atoms. The topological polar surface area (TPSA) is 54.6 Å². The third-order valence-electron chi connectivity index (χ3n) is 3.20. The van der Waals surface area contributed by atoms with Crippen LogP contribution in [0.15, 0.2) is 70.2 Å². The maximum absolute atomic E-state index is 13.1. The van der Waals surface area contributed by atoms with Crippen molar-refractivity contribution in [3.8, 4) is 11.3 Å². The standard InChI is InChI=1S/C18H12FIN2O2/c19-14-3-1-2-13(10-14)18(23)22-21-11-16-8-9-17(24-16)12-4-6-15(20)7-5-12/h1-11H,(H,22,23)/b21-11-. The molecule has 0 fully saturated rings. The summed E-state index contributed by atoms with van der Waals surface area (Å²) in [5.41, 5.74) is 3.49. The molecule has 0 saturated carbocycles. The molecule has 3 rings (SSSR count). The molecule has 120 valence electrons. The summed E-state index contributed by atoms with van der Waals surface area (Å²) in [4.78, 5) is 11.8. The second-order valence-electron chi connectivity index (χ2n) is 4.92. The molecule has 3 aromatic rings. The molecule has 2 aromatic carbocycles. The molecule has 0 spiro atoms. The van der Waals surface area contributed by atoms with E-state index < -0.39 is 11.7 Å². The van der Waals surface area contributed by atoms with E-state index in [1.54, 1.807) is 6.07 Å². The lowest BCUT2D eigenvalue weighted by Gasteiger charge is -1.99. The minimum atomic E-state index is -0.491. The van der Waals surface area contributed by atoms with Gasteiger partial charge in [0.15, 0.2) is 0 Å². The molecule has 0 radical (unpaired) electrons. The number of hydrogen-bond acceptors (Lipinski definition) is 3. The van der Waals surface area contributed by atoms with Gasteiger partial charge in [-0.1, -0.05) is 18.2 Å². The average molecular weight is 434 g/mol. The van der Waals surface area contributed by atoms with Crippen molar-refractivity contribution in [3.05, 3.63) is 81.4 Å². The molecule has 0 saturated heterocycles. The minimum Gasteiger partial charge on any atom is -0.455 e. The van der Waals surface area contributed by atoms with Crippen molar-refractivity contribution < 1.29 is 13.6 Å². The Bertz CT molecular complexity index is 888. The molecule has 0 aliphatic heterocycles. The van der Waals surface area contributed by atoms with E-state index in [1.807, 2.05) is 30.3 Å². The van der Waals surface area contributed by atoms with Crippen molar-refractivity contribution >= 4 is 34.7 Å². The number of benzene rings is 2. The summed E-state index contributed by atoms with van der Waals surface area (Å²) < 4.78 is 19.9. The summed E-state index contributed by atoms with van der Waals surface area (Å²) in [6.07, 6.45) is 1.40. The molecule has 0 aliphatic carbocycles. The Hall–Kier alpha value is -2.48. The number of amides is 1. The van der Waals surface area contributed by atoms with Crippen LogP contribution in [0.4, 0.5) is 4.39 Å². The molecular weight excluding hydrogens is 422 g/mol. The third kappa shape index (κ3) is 4.08. The van der Waals surface area contributed by atoms with E-state index in [9.17, 15) is 9.18 Å². The van der Waals surface area contributed by atoms with E-state index in [2.05, 4.69) is 33.1 Å². The van der Waals surface area contributed by atoms with Crippen LogP contribution in [0.2, 0.25) is 0 Å². The van der Waals surface area contributed by atoms with Crippen molar-refractivity contribution in [2.24, 2.45) is 5.10 Å². The second-order valence-corrected chi connectivity index (χ2v) is 6.16. The first-order valence-electron chi connectivity index (χ1n) is 7.06. The summed E-state index contributed by atoms with van der Waals surface area (Å²) in [6.45, 7) is 0. The second kappa shape index (κ2) is 7.39. The highest BCUT2D eigenvalue weighted by Gasteiger charge is 2.06. The van der Waals surface area contributed by atoms with Crippen molar-refractivity contribution in [3.63, 3.8) is 0 Å². The van der Waals surface area contributed by atoms with Gasteiger partial charge in [-0.3, -0.25) is 4.79 Å². The van der Waals surface area contributed by atoms with Gasteiger partial charge in [-0.2, -0.15) is 5.10 Å². The van der Waals surface area contributed by atoms with Crippen LogP contribution in [0.1, 0.15) is 16.1 Å². The highest BCUT2D eigenvalue weighted by atomic mass is 127. The Balaban J connectivity index is 1.65. The number of furan rings is 1. The van der Waals surface area contributed by atoms with Gasteiger partial charge in [-0.05, 0) is 65.1 Å². The minimum absolute atomic E-state index is 0.200. The van der Waals surface area contributed by atoms with Gasteiger partial charge in [-0.15, -0.1) is 0 Å². The van der Waals surface area contributed by atoms with Crippen LogP contribution in [0.5, 0.6) is 0 Å². The number of rotatable bonds is 4. The Morgan fingerprint density at radius 1 is 1.12 bits per heavy atom. The number of halogens is 2. The van der Waals surface area contributed by atoms with Gasteiger partial charge in [0.25, 0.3) is 5.91 Å². The van der Waals surface area contributed by atoms with Crippen LogP contribution >= 0.6 is 22.6 Å². The third-order valence-corrected chi connectivity index (χ3v) is 3.92. The molecule has 24 heavy (non-hydrogen) atoms. The zero-order chi connectivity index (χ0) is 16.9. The van der Waals surface area contributed by atoms with Gasteiger partial charge in [0.05, 0.1) is 6.21 Å². The van der Waals surface area contributed by atoms with Crippen LogP contribution in [0.25, 0.3) is 11.3 Å². The maximum atomic E-state index is 13.1. The van der Waals surface area contributed by atoms with Gasteiger partial charge >= 0.3 is 0 Å². The Morgan fingerprint density at radius 3 is 2.67 bits per heavy atom. The number of hydrazone groups is 1. The van der Waals surface area contributed by atoms with Gasteiger partial charge in [0.1, 0.15) is 17.3 Å². The predicted molar refractivity (Wildman–Crippen MR) is 98.3 cm³/mol. The Morgan fingerprint density at radius 2 is 1.92 bits per heavy atom. The summed E-state index contributed by atoms with van der Waals surface area (Å²) >= 11 is 2.24. The van der Waals surface area contributed by atoms with Gasteiger partial charge in [0, 0.05) is 14.7 Å². The SMILES string of the molecule is O=C(N/N=C\c1ccc(-c2ccc(I)cc2)o1)c1cccc(F)c1. The Labute approximate surface area is 151 Å². The van der Waals surface area contributed by atoms with Crippen LogP contribution < -0.4 is 5.43 Å². The summed E-state index contributed by atoms with van der Waals surface area (Å²) in [5.74, 6) is 0.252. The first-order chi connectivity index (χ1) is 11.6. The van der Waals surface area contributed by atoms with Gasteiger partial charge in [-0.25, -0.2) is 9.82 Å². The highest BCUT2D eigenvalue weighted by Crippen LogP contribution is 2.22. The lowest BCUT2D eigenvalue weighted by molar-refractivity contribution is 0.0954. The normalized spacial score (nSPS) is 10.9. The summed E-state index contributed by atoms with van der Waals surface area (Å²) in [7, 11) is 0. The number of carbonyl (C=O) groups excluding carboxylic acids is 1. The van der Waals surface area contributed by atoms with Gasteiger partial charge in [0.2, 0.25) is 0 Å². The fourth-order valence-corrected chi connectivity index (χ4v) is 2.40. The average Bonchev–Trinajstić information content (AvgIpc) is 3.04. The summed E-state index contributed by atoms with van der Waals surface area (Å²) in [5, 5.41) is 3.83. The first kappa shape index (κ1) is 16.4. The molecule has 0 unspecified atom stereocenters. The fourth-order valence-electron chi connectivity index (χ4n) is 2.04. The smallest absolute Gasteiger partial charge is 0.271 e. The molecule has 1 N–H and O–H groups in total. The highest BCUT2D eigenvalue weighted by molar-refractivity contribution is 14.1. The molecule has 1 aromatic heterocycles. The van der Waals surface area contributed by atoms with Crippen molar-refractivity contribution in [1.82, 2.24) is 5.43 Å². The zero-order valence-corrected chi connectivity index (χ0v) is 14.5. The first-order valence-corrected chi connectivity index (χ1v) is 8.14. The molecule has 0 aliphatic rings. The van der Waals surface area contributed by atoms with Crippen LogP contribution in [0, 0.1) is 9.39 Å². The molecule has 1 amide bonds. The molecule has 0 atom stereocenters. The molecule has 4 nitrogen and oxygen atoms in total. The molecular formula is C18H12FIN2O2. The number of hydrogen-bond donors (Lipinski definition) is 1. The van der Waals surface area contributed by atoms with Gasteiger partial charge < -0.3 is 4.42 Å². The van der Waals surface area contributed by atoms with E-state index in [-0.39, 0.29) is 5.56 Å².